The van der Waals surface area contributed by atoms with Crippen LogP contribution in [0.15, 0.2) is 95.9 Å². The summed E-state index contributed by atoms with van der Waals surface area (Å²) in [5.41, 5.74) is 3.54. The highest BCUT2D eigenvalue weighted by Crippen LogP contribution is 2.23. The zero-order valence-corrected chi connectivity index (χ0v) is 15.1. The molecule has 4 heteroatoms. The number of aromatic nitrogens is 3. The molecule has 5 rings (SSSR count). The molecule has 0 spiro atoms. The molecule has 4 nitrogen and oxygen atoms in total. The van der Waals surface area contributed by atoms with Crippen LogP contribution in [-0.2, 0) is 6.42 Å². The lowest BCUT2D eigenvalue weighted by Crippen LogP contribution is -2.25. The van der Waals surface area contributed by atoms with Gasteiger partial charge in [0.2, 0.25) is 0 Å². The molecule has 3 aromatic carbocycles. The zero-order valence-electron chi connectivity index (χ0n) is 15.1. The van der Waals surface area contributed by atoms with E-state index in [1.807, 2.05) is 84.9 Å². The highest BCUT2D eigenvalue weighted by molar-refractivity contribution is 5.91. The van der Waals surface area contributed by atoms with Crippen molar-refractivity contribution >= 4 is 21.9 Å². The van der Waals surface area contributed by atoms with Crippen molar-refractivity contribution in [2.45, 2.75) is 6.42 Å². The number of rotatable bonds is 3. The molecule has 0 radical (unpaired) electrons. The van der Waals surface area contributed by atoms with Gasteiger partial charge in [0.25, 0.3) is 5.56 Å². The summed E-state index contributed by atoms with van der Waals surface area (Å²) < 4.78 is 1.70. The summed E-state index contributed by atoms with van der Waals surface area (Å²) in [7, 11) is 0. The molecule has 0 unspecified atom stereocenters. The Balaban J connectivity index is 1.82. The average molecular weight is 363 g/mol. The van der Waals surface area contributed by atoms with E-state index < -0.39 is 0 Å². The first-order valence-corrected chi connectivity index (χ1v) is 9.20. The van der Waals surface area contributed by atoms with Crippen molar-refractivity contribution in [3.05, 3.63) is 113 Å². The van der Waals surface area contributed by atoms with Crippen LogP contribution in [0.5, 0.6) is 0 Å². The van der Waals surface area contributed by atoms with E-state index in [-0.39, 0.29) is 5.56 Å². The number of hydrogen-bond acceptors (Lipinski definition) is 3. The summed E-state index contributed by atoms with van der Waals surface area (Å²) in [5, 5.41) is 2.09. The maximum absolute atomic E-state index is 13.5. The van der Waals surface area contributed by atoms with Gasteiger partial charge in [0.1, 0.15) is 11.2 Å². The predicted molar refractivity (Wildman–Crippen MR) is 112 cm³/mol. The normalized spacial score (nSPS) is 11.1. The fourth-order valence-electron chi connectivity index (χ4n) is 3.60. The molecule has 0 fully saturated rings. The first-order valence-electron chi connectivity index (χ1n) is 9.20. The lowest BCUT2D eigenvalue weighted by molar-refractivity contribution is 0.932. The highest BCUT2D eigenvalue weighted by atomic mass is 16.1. The minimum Gasteiger partial charge on any atom is -0.267 e. The van der Waals surface area contributed by atoms with Gasteiger partial charge >= 0.3 is 0 Å². The largest absolute Gasteiger partial charge is 0.278 e. The van der Waals surface area contributed by atoms with E-state index in [1.165, 1.54) is 0 Å². The summed E-state index contributed by atoms with van der Waals surface area (Å²) in [6.45, 7) is 0. The third-order valence-corrected chi connectivity index (χ3v) is 4.91. The summed E-state index contributed by atoms with van der Waals surface area (Å²) in [5.74, 6) is 0. The van der Waals surface area contributed by atoms with Crippen LogP contribution >= 0.6 is 0 Å². The molecule has 0 bridgehead atoms. The minimum absolute atomic E-state index is 0.133. The second-order valence-electron chi connectivity index (χ2n) is 6.71. The standard InChI is InChI=1S/C24H17N3O/c28-24-21(16-17-8-2-1-3-9-17)26-20-13-7-15-25-23(20)27(24)22-14-6-11-18-10-4-5-12-19(18)22/h1-15H,16H2. The summed E-state index contributed by atoms with van der Waals surface area (Å²) in [4.78, 5) is 22.6. The van der Waals surface area contributed by atoms with Gasteiger partial charge in [-0.15, -0.1) is 0 Å². The third kappa shape index (κ3) is 2.76. The molecule has 0 saturated carbocycles. The van der Waals surface area contributed by atoms with Gasteiger partial charge in [-0.3, -0.25) is 9.36 Å². The second kappa shape index (κ2) is 6.74. The third-order valence-electron chi connectivity index (χ3n) is 4.91. The summed E-state index contributed by atoms with van der Waals surface area (Å²) >= 11 is 0. The van der Waals surface area contributed by atoms with Crippen LogP contribution in [0.4, 0.5) is 0 Å². The van der Waals surface area contributed by atoms with Crippen molar-refractivity contribution in [2.75, 3.05) is 0 Å². The zero-order chi connectivity index (χ0) is 18.9. The monoisotopic (exact) mass is 363 g/mol. The van der Waals surface area contributed by atoms with Crippen LogP contribution in [0.1, 0.15) is 11.3 Å². The fraction of sp³-hybridized carbons (Fsp3) is 0.0417. The van der Waals surface area contributed by atoms with Gasteiger partial charge in [-0.2, -0.15) is 0 Å². The molecule has 28 heavy (non-hydrogen) atoms. The molecule has 0 N–H and O–H groups in total. The Morgan fingerprint density at radius 2 is 1.57 bits per heavy atom. The minimum atomic E-state index is -0.133. The van der Waals surface area contributed by atoms with Crippen LogP contribution in [0.3, 0.4) is 0 Å². The number of hydrogen-bond donors (Lipinski definition) is 0. The SMILES string of the molecule is O=c1c(Cc2ccccc2)nc2cccnc2n1-c1cccc2ccccc12. The Morgan fingerprint density at radius 3 is 2.46 bits per heavy atom. The Morgan fingerprint density at radius 1 is 0.786 bits per heavy atom. The smallest absolute Gasteiger partial charge is 0.267 e. The van der Waals surface area contributed by atoms with Crippen LogP contribution < -0.4 is 5.56 Å². The molecule has 0 amide bonds. The van der Waals surface area contributed by atoms with Crippen molar-refractivity contribution in [1.82, 2.24) is 14.5 Å². The van der Waals surface area contributed by atoms with Gasteiger partial charge in [0.15, 0.2) is 5.65 Å². The van der Waals surface area contributed by atoms with Gasteiger partial charge in [0, 0.05) is 18.0 Å². The van der Waals surface area contributed by atoms with Crippen LogP contribution in [0.25, 0.3) is 27.6 Å². The molecule has 5 aromatic rings. The summed E-state index contributed by atoms with van der Waals surface area (Å²) in [6, 6.07) is 27.7. The number of pyridine rings is 1. The molecule has 0 aliphatic heterocycles. The van der Waals surface area contributed by atoms with Gasteiger partial charge < -0.3 is 0 Å². The van der Waals surface area contributed by atoms with E-state index in [4.69, 9.17) is 0 Å². The van der Waals surface area contributed by atoms with Crippen molar-refractivity contribution in [2.24, 2.45) is 0 Å². The van der Waals surface area contributed by atoms with E-state index in [2.05, 4.69) is 9.97 Å². The molecule has 0 saturated heterocycles. The van der Waals surface area contributed by atoms with Gasteiger partial charge in [0.05, 0.1) is 5.69 Å². The fourth-order valence-corrected chi connectivity index (χ4v) is 3.60. The highest BCUT2D eigenvalue weighted by Gasteiger charge is 2.15. The first kappa shape index (κ1) is 16.4. The lowest BCUT2D eigenvalue weighted by atomic mass is 10.1. The summed E-state index contributed by atoms with van der Waals surface area (Å²) in [6.07, 6.45) is 2.18. The quantitative estimate of drug-likeness (QED) is 0.473. The Hall–Kier alpha value is -3.79. The lowest BCUT2D eigenvalue weighted by Gasteiger charge is -2.14. The Labute approximate surface area is 161 Å². The second-order valence-corrected chi connectivity index (χ2v) is 6.71. The van der Waals surface area contributed by atoms with E-state index >= 15 is 0 Å². The van der Waals surface area contributed by atoms with Gasteiger partial charge in [-0.05, 0) is 29.1 Å². The topological polar surface area (TPSA) is 47.8 Å². The van der Waals surface area contributed by atoms with E-state index in [0.29, 0.717) is 23.3 Å². The van der Waals surface area contributed by atoms with Crippen molar-refractivity contribution in [1.29, 1.82) is 0 Å². The predicted octanol–water partition coefficient (Wildman–Crippen LogP) is 4.52. The van der Waals surface area contributed by atoms with Crippen LogP contribution in [0, 0.1) is 0 Å². The maximum Gasteiger partial charge on any atom is 0.278 e. The van der Waals surface area contributed by atoms with Crippen molar-refractivity contribution in [3.63, 3.8) is 0 Å². The Kier molecular flexibility index (Phi) is 3.95. The number of benzene rings is 3. The average Bonchev–Trinajstić information content (AvgIpc) is 2.75. The number of nitrogens with zero attached hydrogens (tertiary/aromatic N) is 3. The van der Waals surface area contributed by atoms with E-state index in [0.717, 1.165) is 22.0 Å². The van der Waals surface area contributed by atoms with Gasteiger partial charge in [-0.1, -0.05) is 66.7 Å². The molecule has 2 aromatic heterocycles. The van der Waals surface area contributed by atoms with Gasteiger partial charge in [-0.25, -0.2) is 9.97 Å². The van der Waals surface area contributed by atoms with Crippen molar-refractivity contribution < 1.29 is 0 Å². The molecular formula is C24H17N3O. The van der Waals surface area contributed by atoms with Crippen LogP contribution in [-0.4, -0.2) is 14.5 Å². The first-order chi connectivity index (χ1) is 13.8. The van der Waals surface area contributed by atoms with E-state index in [9.17, 15) is 4.79 Å². The molecule has 0 aliphatic carbocycles. The molecule has 0 aliphatic rings. The molecule has 0 atom stereocenters. The molecule has 2 heterocycles. The van der Waals surface area contributed by atoms with E-state index in [1.54, 1.807) is 10.8 Å². The van der Waals surface area contributed by atoms with Crippen LogP contribution in [0.2, 0.25) is 0 Å². The number of fused-ring (bicyclic) bond motifs is 2. The Bertz CT molecular complexity index is 1350. The maximum atomic E-state index is 13.5. The van der Waals surface area contributed by atoms with Crippen molar-refractivity contribution in [3.8, 4) is 5.69 Å². The molecular weight excluding hydrogens is 346 g/mol. The molecule has 134 valence electrons.